The van der Waals surface area contributed by atoms with Gasteiger partial charge in [0.05, 0.1) is 18.5 Å². The molecule has 0 amide bonds. The van der Waals surface area contributed by atoms with Crippen molar-refractivity contribution in [2.75, 3.05) is 11.5 Å². The van der Waals surface area contributed by atoms with Gasteiger partial charge in [-0.2, -0.15) is 9.97 Å². The van der Waals surface area contributed by atoms with Crippen LogP contribution < -0.4 is 11.5 Å². The lowest BCUT2D eigenvalue weighted by molar-refractivity contribution is 0.277. The third-order valence-electron chi connectivity index (χ3n) is 1.66. The lowest BCUT2D eigenvalue weighted by Gasteiger charge is -2.01. The van der Waals surface area contributed by atoms with Gasteiger partial charge in [0.15, 0.2) is 17.0 Å². The number of nitrogens with zero attached hydrogens (tertiary/aromatic N) is 4. The first-order valence-electron chi connectivity index (χ1n) is 5.86. The minimum Gasteiger partial charge on any atom is -0.390 e. The van der Waals surface area contributed by atoms with E-state index >= 15 is 0 Å². The number of aromatic nitrogens is 4. The van der Waals surface area contributed by atoms with Gasteiger partial charge in [-0.15, -0.1) is 0 Å². The van der Waals surface area contributed by atoms with Gasteiger partial charge in [-0.3, -0.25) is 0 Å². The fourth-order valence-electron chi connectivity index (χ4n) is 1.06. The van der Waals surface area contributed by atoms with Gasteiger partial charge in [-0.25, -0.2) is 9.97 Å². The Labute approximate surface area is 106 Å². The van der Waals surface area contributed by atoms with Gasteiger partial charge in [0.2, 0.25) is 5.95 Å². The van der Waals surface area contributed by atoms with Crippen LogP contribution in [0.5, 0.6) is 0 Å². The van der Waals surface area contributed by atoms with Crippen molar-refractivity contribution in [2.24, 2.45) is 0 Å². The third-order valence-corrected chi connectivity index (χ3v) is 1.66. The molecule has 0 aromatic carbocycles. The number of anilines is 2. The number of nitrogen functional groups attached to an aromatic ring is 2. The Kier molecular flexibility index (Phi) is 7.22. The van der Waals surface area contributed by atoms with E-state index in [4.69, 9.17) is 16.6 Å². The molecule has 7 nitrogen and oxygen atoms in total. The van der Waals surface area contributed by atoms with E-state index in [0.717, 1.165) is 0 Å². The first-order valence-corrected chi connectivity index (χ1v) is 5.86. The normalized spacial score (nSPS) is 8.94. The molecule has 7 heteroatoms. The van der Waals surface area contributed by atoms with Crippen LogP contribution in [0.1, 0.15) is 33.4 Å². The molecule has 0 radical (unpaired) electrons. The molecule has 0 saturated carbocycles. The lowest BCUT2D eigenvalue weighted by Crippen LogP contribution is -2.04. The maximum Gasteiger partial charge on any atom is 0.224 e. The van der Waals surface area contributed by atoms with E-state index in [1.54, 1.807) is 0 Å². The number of aliphatic hydroxyl groups is 1. The summed E-state index contributed by atoms with van der Waals surface area (Å²) in [6.45, 7) is 7.80. The molecular formula is C11H20N6O. The topological polar surface area (TPSA) is 124 Å². The lowest BCUT2D eigenvalue weighted by atomic mass is 10.4. The molecule has 0 atom stereocenters. The average molecular weight is 252 g/mol. The van der Waals surface area contributed by atoms with Crippen LogP contribution in [0.15, 0.2) is 6.20 Å². The maximum atomic E-state index is 8.83. The van der Waals surface area contributed by atoms with Crippen LogP contribution in [-0.4, -0.2) is 25.0 Å². The van der Waals surface area contributed by atoms with Gasteiger partial charge in [0.25, 0.3) is 0 Å². The third kappa shape index (κ3) is 3.77. The van der Waals surface area contributed by atoms with Crippen molar-refractivity contribution < 1.29 is 5.11 Å². The Morgan fingerprint density at radius 3 is 2.22 bits per heavy atom. The second kappa shape index (κ2) is 8.13. The molecule has 0 spiro atoms. The second-order valence-electron chi connectivity index (χ2n) is 2.66. The number of fused-ring (bicyclic) bond motifs is 1. The summed E-state index contributed by atoms with van der Waals surface area (Å²) in [6, 6.07) is 0. The van der Waals surface area contributed by atoms with Crippen LogP contribution >= 0.6 is 0 Å². The Morgan fingerprint density at radius 1 is 1.06 bits per heavy atom. The van der Waals surface area contributed by atoms with E-state index in [1.807, 2.05) is 27.7 Å². The number of aliphatic hydroxyl groups excluding tert-OH is 1. The van der Waals surface area contributed by atoms with E-state index in [9.17, 15) is 0 Å². The Morgan fingerprint density at radius 2 is 1.67 bits per heavy atom. The number of rotatable bonds is 1. The number of hydrogen-bond donors (Lipinski definition) is 3. The van der Waals surface area contributed by atoms with Crippen molar-refractivity contribution in [3.63, 3.8) is 0 Å². The zero-order chi connectivity index (χ0) is 14.1. The maximum absolute atomic E-state index is 8.83. The van der Waals surface area contributed by atoms with E-state index in [-0.39, 0.29) is 18.4 Å². The molecule has 0 fully saturated rings. The van der Waals surface area contributed by atoms with Gasteiger partial charge < -0.3 is 16.6 Å². The van der Waals surface area contributed by atoms with Crippen molar-refractivity contribution >= 4 is 22.9 Å². The molecule has 0 bridgehead atoms. The molecule has 0 aliphatic rings. The smallest absolute Gasteiger partial charge is 0.224 e. The first kappa shape index (κ1) is 16.0. The van der Waals surface area contributed by atoms with Crippen molar-refractivity contribution in [3.8, 4) is 0 Å². The highest BCUT2D eigenvalue weighted by Crippen LogP contribution is 2.14. The Hall–Kier alpha value is -2.02. The molecule has 18 heavy (non-hydrogen) atoms. The summed E-state index contributed by atoms with van der Waals surface area (Å²) in [6.07, 6.45) is 1.41. The molecule has 2 rings (SSSR count). The van der Waals surface area contributed by atoms with Crippen LogP contribution in [0.4, 0.5) is 11.8 Å². The molecule has 100 valence electrons. The number of hydrogen-bond acceptors (Lipinski definition) is 7. The Balaban J connectivity index is 0.000000659. The summed E-state index contributed by atoms with van der Waals surface area (Å²) >= 11 is 0. The highest BCUT2D eigenvalue weighted by Gasteiger charge is 2.06. The predicted molar refractivity (Wildman–Crippen MR) is 72.6 cm³/mol. The highest BCUT2D eigenvalue weighted by atomic mass is 16.3. The van der Waals surface area contributed by atoms with Crippen LogP contribution in [0.3, 0.4) is 0 Å². The summed E-state index contributed by atoms with van der Waals surface area (Å²) in [5.41, 5.74) is 12.0. The van der Waals surface area contributed by atoms with Gasteiger partial charge in [0, 0.05) is 0 Å². The largest absolute Gasteiger partial charge is 0.390 e. The SMILES string of the molecule is CC.CC.Nc1nc(N)c2nc(CO)cnc2n1. The number of nitrogens with two attached hydrogens (primary N) is 2. The predicted octanol–water partition coefficient (Wildman–Crippen LogP) is 1.13. The quantitative estimate of drug-likeness (QED) is 0.694. The molecular weight excluding hydrogens is 232 g/mol. The molecule has 0 aliphatic heterocycles. The van der Waals surface area contributed by atoms with E-state index < -0.39 is 0 Å². The summed E-state index contributed by atoms with van der Waals surface area (Å²) in [5, 5.41) is 8.83. The van der Waals surface area contributed by atoms with Crippen LogP contribution in [0.2, 0.25) is 0 Å². The molecule has 2 aromatic rings. The minimum absolute atomic E-state index is 0.0565. The van der Waals surface area contributed by atoms with Gasteiger partial charge in [0.1, 0.15) is 0 Å². The molecule has 0 unspecified atom stereocenters. The fraction of sp³-hybridized carbons (Fsp3) is 0.455. The van der Waals surface area contributed by atoms with Gasteiger partial charge in [-0.1, -0.05) is 27.7 Å². The van der Waals surface area contributed by atoms with E-state index in [1.165, 1.54) is 6.20 Å². The minimum atomic E-state index is -0.202. The van der Waals surface area contributed by atoms with Crippen LogP contribution in [-0.2, 0) is 6.61 Å². The summed E-state index contributed by atoms with van der Waals surface area (Å²) in [7, 11) is 0. The fourth-order valence-corrected chi connectivity index (χ4v) is 1.06. The van der Waals surface area contributed by atoms with Gasteiger partial charge >= 0.3 is 0 Å². The zero-order valence-electron chi connectivity index (χ0n) is 11.2. The molecule has 5 N–H and O–H groups in total. The van der Waals surface area contributed by atoms with Crippen LogP contribution in [0, 0.1) is 0 Å². The van der Waals surface area contributed by atoms with E-state index in [0.29, 0.717) is 16.9 Å². The van der Waals surface area contributed by atoms with Crippen molar-refractivity contribution in [1.29, 1.82) is 0 Å². The first-order chi connectivity index (χ1) is 8.70. The highest BCUT2D eigenvalue weighted by molar-refractivity contribution is 5.81. The summed E-state index contributed by atoms with van der Waals surface area (Å²) in [4.78, 5) is 15.5. The summed E-state index contributed by atoms with van der Waals surface area (Å²) < 4.78 is 0. The molecule has 2 aromatic heterocycles. The molecule has 2 heterocycles. The molecule has 0 saturated heterocycles. The van der Waals surface area contributed by atoms with Crippen molar-refractivity contribution in [1.82, 2.24) is 19.9 Å². The second-order valence-corrected chi connectivity index (χ2v) is 2.66. The summed E-state index contributed by atoms with van der Waals surface area (Å²) in [5.74, 6) is 0.219. The standard InChI is InChI=1S/C7H8N6O.2C2H6/c8-5-4-6(13-7(9)12-5)10-1-3(2-14)11-4;2*1-2/h1,14H,2H2,(H4,8,9,10,12,13);2*1-2H3. The van der Waals surface area contributed by atoms with Crippen LogP contribution in [0.25, 0.3) is 11.2 Å². The Bertz CT molecular complexity index is 488. The van der Waals surface area contributed by atoms with E-state index in [2.05, 4.69) is 19.9 Å². The zero-order valence-corrected chi connectivity index (χ0v) is 11.2. The van der Waals surface area contributed by atoms with Crippen molar-refractivity contribution in [3.05, 3.63) is 11.9 Å². The van der Waals surface area contributed by atoms with Gasteiger partial charge in [-0.05, 0) is 0 Å². The monoisotopic (exact) mass is 252 g/mol. The molecule has 0 aliphatic carbocycles. The van der Waals surface area contributed by atoms with Crippen molar-refractivity contribution in [2.45, 2.75) is 34.3 Å². The average Bonchev–Trinajstić information content (AvgIpc) is 2.43.